The normalized spacial score (nSPS) is 21.4. The van der Waals surface area contributed by atoms with E-state index in [1.165, 1.54) is 14.0 Å². The number of hydrogen-bond acceptors (Lipinski definition) is 24. The van der Waals surface area contributed by atoms with E-state index in [2.05, 4.69) is 36.9 Å². The number of carbonyl (C=O) groups is 11. The van der Waals surface area contributed by atoms with Crippen LogP contribution in [0.5, 0.6) is 5.75 Å². The maximum atomic E-state index is 15.4. The molecule has 10 amide bonds. The van der Waals surface area contributed by atoms with Gasteiger partial charge in [0.15, 0.2) is 0 Å². The summed E-state index contributed by atoms with van der Waals surface area (Å²) in [7, 11) is -1.01. The Morgan fingerprint density at radius 3 is 1.94 bits per heavy atom. The van der Waals surface area contributed by atoms with Crippen LogP contribution < -0.4 is 48.1 Å². The summed E-state index contributed by atoms with van der Waals surface area (Å²) in [6.07, 6.45) is -1.81. The zero-order valence-electron chi connectivity index (χ0n) is 58.9. The maximum absolute atomic E-state index is 15.4. The Kier molecular flexibility index (Phi) is 38.6. The number of nitrogens with two attached hydrogens (primary N) is 2. The van der Waals surface area contributed by atoms with Crippen molar-refractivity contribution in [3.8, 4) is 5.75 Å². The largest absolute Gasteiger partial charge is 0.496 e. The first-order chi connectivity index (χ1) is 49.0. The second-order valence-electron chi connectivity index (χ2n) is 24.8. The highest BCUT2D eigenvalue weighted by molar-refractivity contribution is 7.99. The molecule has 0 bridgehead atoms. The molecule has 2 saturated heterocycles. The minimum Gasteiger partial charge on any atom is -0.496 e. The summed E-state index contributed by atoms with van der Waals surface area (Å²) in [5, 5.41) is 47.4. The molecule has 5 rings (SSSR count). The van der Waals surface area contributed by atoms with E-state index < -0.39 is 169 Å². The number of piperidine rings is 1. The van der Waals surface area contributed by atoms with Gasteiger partial charge in [0.1, 0.15) is 53.3 Å². The third-order valence-corrected chi connectivity index (χ3v) is 20.4. The van der Waals surface area contributed by atoms with Crippen LogP contribution in [0.4, 0.5) is 0 Å². The summed E-state index contributed by atoms with van der Waals surface area (Å²) in [5.41, 5.74) is 12.6. The lowest BCUT2D eigenvalue weighted by Crippen LogP contribution is -2.61. The fourth-order valence-electron chi connectivity index (χ4n) is 11.4. The average molecular weight is 1480 g/mol. The van der Waals surface area contributed by atoms with Crippen molar-refractivity contribution in [3.05, 3.63) is 23.3 Å². The van der Waals surface area contributed by atoms with Crippen LogP contribution in [-0.2, 0) is 109 Å². The number of methoxy groups -OCH3 is 1. The third kappa shape index (κ3) is 27.9. The minimum absolute atomic E-state index is 0.0336. The molecule has 102 heavy (non-hydrogen) atoms. The van der Waals surface area contributed by atoms with Crippen molar-refractivity contribution in [2.45, 2.75) is 156 Å². The zero-order valence-corrected chi connectivity index (χ0v) is 60.5. The first-order valence-electron chi connectivity index (χ1n) is 34.5. The summed E-state index contributed by atoms with van der Waals surface area (Å²) >= 11 is 1.57. The molecule has 11 atom stereocenters. The van der Waals surface area contributed by atoms with Crippen LogP contribution in [0.25, 0.3) is 10.9 Å². The SMILES string of the molecule is CCC(=O)N[C@H](C(=O)NCC(=O)N[C@H]1CS(=O)c2[nH]c3c(CSC4CCN(C(=O)CCOCCOCCOCCOCCOCCOCCOCCC=O)CC4)c(OC)ccc3c2C[C@@H](C(N)=O)NC(=O)[C@H]([C@@H](C)[C@@H](O)CO)NC(=O)[C@@H]2C[C@@H](O)CN2C(=O)[C@H](CCC(N)=O)NC1=O)[C@@H](C)CC. The number of H-pyrrole nitrogens is 1. The standard InChI is InChI=1S/C66H105N11O23S2/c1-6-40(3)57(73-54(83)7-2)63(89)69-35-55(84)70-49-39-102(92)65-45(34-48(60(68)86)72-64(90)58(41(4)51(81)37-79)74-62(88)50-33-42(80)36-77(50)66(91)47(71-61(49)87)10-12-53(67)82)44-9-11-52(93-5)46(59(44)75-65)38-101-43-13-16-76(17-14-43)56(85)15-20-95-22-24-97-26-28-99-30-32-100-31-29-98-27-25-96-23-21-94-19-8-18-78/h9,11,18,40-43,47-51,57-58,75,79-81H,6-8,10,12-17,19-39H2,1-5H3,(H2,67,82)(H2,68,86)(H,69,89)(H,70,84)(H,71,87)(H,72,90)(H,73,83)(H,74,88)/t40-,41-,42+,47-,48-,49-,50-,51-,57-,58-,102?/m0/s1. The molecule has 3 aliphatic heterocycles. The quantitative estimate of drug-likeness (QED) is 0.0231. The summed E-state index contributed by atoms with van der Waals surface area (Å²) in [5.74, 6) is -10.3. The highest BCUT2D eigenvalue weighted by Crippen LogP contribution is 2.38. The number of likely N-dealkylation sites (tertiary alicyclic amines) is 1. The van der Waals surface area contributed by atoms with Gasteiger partial charge in [0.2, 0.25) is 59.1 Å². The number of hydrogen-bond donors (Lipinski definition) is 12. The molecule has 1 aromatic heterocycles. The molecular formula is C66H105N11O23S2. The first kappa shape index (κ1) is 85.7. The minimum atomic E-state index is -2.45. The molecule has 1 unspecified atom stereocenters. The molecule has 0 spiro atoms. The van der Waals surface area contributed by atoms with Crippen LogP contribution in [0, 0.1) is 11.8 Å². The summed E-state index contributed by atoms with van der Waals surface area (Å²) in [6, 6.07) is -6.36. The van der Waals surface area contributed by atoms with E-state index in [1.807, 2.05) is 0 Å². The van der Waals surface area contributed by atoms with E-state index in [0.717, 1.165) is 11.2 Å². The van der Waals surface area contributed by atoms with Gasteiger partial charge in [-0.2, -0.15) is 11.8 Å². The lowest BCUT2D eigenvalue weighted by atomic mass is 9.93. The lowest BCUT2D eigenvalue weighted by Gasteiger charge is -2.32. The van der Waals surface area contributed by atoms with Gasteiger partial charge < -0.3 is 116 Å². The Morgan fingerprint density at radius 1 is 0.794 bits per heavy atom. The van der Waals surface area contributed by atoms with E-state index in [9.17, 15) is 68.1 Å². The number of aromatic nitrogens is 1. The maximum Gasteiger partial charge on any atom is 0.245 e. The van der Waals surface area contributed by atoms with Crippen molar-refractivity contribution in [1.82, 2.24) is 46.7 Å². The summed E-state index contributed by atoms with van der Waals surface area (Å²) < 4.78 is 59.7. The van der Waals surface area contributed by atoms with Gasteiger partial charge in [-0.3, -0.25) is 52.2 Å². The van der Waals surface area contributed by atoms with Gasteiger partial charge >= 0.3 is 0 Å². The highest BCUT2D eigenvalue weighted by atomic mass is 32.2. The Balaban J connectivity index is 1.32. The number of fused-ring (bicyclic) bond motifs is 4. The molecular weight excluding hydrogens is 1380 g/mol. The Labute approximate surface area is 600 Å². The lowest BCUT2D eigenvalue weighted by molar-refractivity contribution is -0.143. The van der Waals surface area contributed by atoms with Crippen LogP contribution in [0.15, 0.2) is 17.2 Å². The number of nitrogens with one attached hydrogen (secondary N) is 7. The number of amides is 10. The number of aliphatic hydroxyl groups excluding tert-OH is 3. The van der Waals surface area contributed by atoms with Crippen LogP contribution in [0.2, 0.25) is 0 Å². The Morgan fingerprint density at radius 2 is 1.39 bits per heavy atom. The van der Waals surface area contributed by atoms with Gasteiger partial charge in [0.05, 0.1) is 153 Å². The molecule has 36 heteroatoms. The molecule has 574 valence electrons. The van der Waals surface area contributed by atoms with Gasteiger partial charge in [-0.05, 0) is 42.9 Å². The monoisotopic (exact) mass is 1480 g/mol. The molecule has 2 aromatic rings. The molecule has 0 radical (unpaired) electrons. The van der Waals surface area contributed by atoms with Gasteiger partial charge in [-0.15, -0.1) is 0 Å². The molecule has 0 saturated carbocycles. The fraction of sp³-hybridized carbons (Fsp3) is 0.712. The predicted octanol–water partition coefficient (Wildman–Crippen LogP) is -3.14. The number of nitrogens with zero attached hydrogens (tertiary/aromatic N) is 2. The average Bonchev–Trinajstić information content (AvgIpc) is 1.61. The van der Waals surface area contributed by atoms with Crippen molar-refractivity contribution in [2.24, 2.45) is 23.3 Å². The number of benzene rings is 1. The van der Waals surface area contributed by atoms with E-state index in [4.69, 9.17) is 49.4 Å². The number of rotatable bonds is 43. The smallest absolute Gasteiger partial charge is 0.245 e. The van der Waals surface area contributed by atoms with Gasteiger partial charge in [-0.1, -0.05) is 34.1 Å². The number of thioether (sulfide) groups is 1. The van der Waals surface area contributed by atoms with Crippen LogP contribution in [0.1, 0.15) is 96.6 Å². The zero-order chi connectivity index (χ0) is 74.7. The molecule has 0 aliphatic carbocycles. The number of ether oxygens (including phenoxy) is 8. The van der Waals surface area contributed by atoms with Crippen LogP contribution >= 0.6 is 11.8 Å². The third-order valence-electron chi connectivity index (χ3n) is 17.5. The number of aldehydes is 1. The molecule has 3 aliphatic rings. The number of aliphatic hydroxyl groups is 3. The fourth-order valence-corrected chi connectivity index (χ4v) is 14.0. The highest BCUT2D eigenvalue weighted by Gasteiger charge is 2.45. The topological polar surface area (TPSA) is 486 Å². The van der Waals surface area contributed by atoms with Crippen molar-refractivity contribution in [1.29, 1.82) is 0 Å². The number of primary amides is 2. The van der Waals surface area contributed by atoms with Gasteiger partial charge in [-0.25, -0.2) is 0 Å². The van der Waals surface area contributed by atoms with Gasteiger partial charge in [0, 0.05) is 79.6 Å². The molecule has 34 nitrogen and oxygen atoms in total. The van der Waals surface area contributed by atoms with E-state index >= 15 is 4.21 Å². The second-order valence-corrected chi connectivity index (χ2v) is 27.6. The molecule has 14 N–H and O–H groups in total. The first-order valence-corrected chi connectivity index (χ1v) is 36.9. The van der Waals surface area contributed by atoms with E-state index in [1.54, 1.807) is 49.6 Å². The Bertz CT molecular complexity index is 3090. The number of aromatic amines is 1. The molecule has 4 heterocycles. The predicted molar refractivity (Wildman–Crippen MR) is 370 cm³/mol. The van der Waals surface area contributed by atoms with Crippen LogP contribution in [0.3, 0.4) is 0 Å². The van der Waals surface area contributed by atoms with Crippen molar-refractivity contribution in [2.75, 3.05) is 138 Å². The van der Waals surface area contributed by atoms with Crippen molar-refractivity contribution in [3.63, 3.8) is 0 Å². The summed E-state index contributed by atoms with van der Waals surface area (Å²) in [4.78, 5) is 154. The summed E-state index contributed by atoms with van der Waals surface area (Å²) in [6.45, 7) is 10.4. The molecule has 1 aromatic carbocycles. The second kappa shape index (κ2) is 46.0. The van der Waals surface area contributed by atoms with Gasteiger partial charge in [0.25, 0.3) is 0 Å². The van der Waals surface area contributed by atoms with Crippen molar-refractivity contribution < 1.29 is 110 Å². The van der Waals surface area contributed by atoms with Crippen molar-refractivity contribution >= 4 is 98.8 Å². The molecule has 2 fully saturated rings. The van der Waals surface area contributed by atoms with E-state index in [-0.39, 0.29) is 59.5 Å². The number of carbonyl (C=O) groups excluding carboxylic acids is 11. The Hall–Kier alpha value is -6.97. The van der Waals surface area contributed by atoms with E-state index in [0.29, 0.717) is 140 Å². The van der Waals surface area contributed by atoms with Crippen LogP contribution in [-0.4, -0.2) is 292 Å².